The Morgan fingerprint density at radius 2 is 1.63 bits per heavy atom. The van der Waals surface area contributed by atoms with Crippen LogP contribution < -0.4 is 10.1 Å². The fourth-order valence-electron chi connectivity index (χ4n) is 3.36. The molecule has 2 aromatic carbocycles. The zero-order valence-corrected chi connectivity index (χ0v) is 19.7. The molecule has 2 aromatic rings. The quantitative estimate of drug-likeness (QED) is 0.590. The minimum Gasteiger partial charge on any atom is -0.497 e. The van der Waals surface area contributed by atoms with E-state index in [9.17, 15) is 16.8 Å². The molecule has 7 nitrogen and oxygen atoms in total. The van der Waals surface area contributed by atoms with Crippen molar-refractivity contribution in [1.29, 1.82) is 0 Å². The molecule has 0 aliphatic heterocycles. The van der Waals surface area contributed by atoms with E-state index in [1.807, 2.05) is 24.3 Å². The van der Waals surface area contributed by atoms with Crippen molar-refractivity contribution in [1.82, 2.24) is 4.90 Å². The Morgan fingerprint density at radius 1 is 0.967 bits per heavy atom. The summed E-state index contributed by atoms with van der Waals surface area (Å²) in [6.45, 7) is 6.20. The van der Waals surface area contributed by atoms with Gasteiger partial charge in [0.05, 0.1) is 28.6 Å². The van der Waals surface area contributed by atoms with Gasteiger partial charge in [-0.1, -0.05) is 26.0 Å². The summed E-state index contributed by atoms with van der Waals surface area (Å²) in [5.41, 5.74) is 1.42. The summed E-state index contributed by atoms with van der Waals surface area (Å²) in [5, 5.41) is 3.23. The molecule has 0 aliphatic rings. The predicted molar refractivity (Wildman–Crippen MR) is 120 cm³/mol. The summed E-state index contributed by atoms with van der Waals surface area (Å²) in [4.78, 5) is 2.20. The molecule has 1 atom stereocenters. The van der Waals surface area contributed by atoms with Crippen molar-refractivity contribution in [2.24, 2.45) is 0 Å². The van der Waals surface area contributed by atoms with Crippen LogP contribution >= 0.6 is 0 Å². The molecule has 0 bridgehead atoms. The van der Waals surface area contributed by atoms with Crippen LogP contribution in [0.5, 0.6) is 5.75 Å². The second-order valence-electron chi connectivity index (χ2n) is 7.10. The van der Waals surface area contributed by atoms with Crippen LogP contribution in [0.25, 0.3) is 0 Å². The van der Waals surface area contributed by atoms with E-state index in [1.165, 1.54) is 18.2 Å². The number of methoxy groups -OCH3 is 1. The molecule has 0 heterocycles. The van der Waals surface area contributed by atoms with Gasteiger partial charge in [0.1, 0.15) is 5.75 Å². The molecule has 0 fully saturated rings. The third-order valence-corrected chi connectivity index (χ3v) is 7.25. The first-order chi connectivity index (χ1) is 14.0. The molecule has 166 valence electrons. The van der Waals surface area contributed by atoms with Crippen LogP contribution in [0.1, 0.15) is 25.5 Å². The van der Waals surface area contributed by atoms with E-state index in [-0.39, 0.29) is 15.8 Å². The topological polar surface area (TPSA) is 92.8 Å². The SMILES string of the molecule is CCN(CC)[C@H](CNc1ccc(S(C)(=O)=O)cc1S(C)(=O)=O)c1cccc(OC)c1. The van der Waals surface area contributed by atoms with E-state index >= 15 is 0 Å². The average molecular weight is 455 g/mol. The second-order valence-corrected chi connectivity index (χ2v) is 11.1. The number of hydrogen-bond acceptors (Lipinski definition) is 7. The van der Waals surface area contributed by atoms with Gasteiger partial charge in [0.2, 0.25) is 0 Å². The molecule has 0 amide bonds. The number of nitrogens with one attached hydrogen (secondary N) is 1. The molecule has 0 aliphatic carbocycles. The van der Waals surface area contributed by atoms with Gasteiger partial charge in [-0.2, -0.15) is 0 Å². The number of sulfone groups is 2. The maximum absolute atomic E-state index is 12.3. The minimum atomic E-state index is -3.63. The van der Waals surface area contributed by atoms with Crippen LogP contribution in [-0.4, -0.2) is 61.0 Å². The maximum atomic E-state index is 12.3. The number of rotatable bonds is 10. The minimum absolute atomic E-state index is 0.0263. The summed E-state index contributed by atoms with van der Waals surface area (Å²) < 4.78 is 53.7. The fourth-order valence-corrected chi connectivity index (χ4v) is 4.97. The number of ether oxygens (including phenoxy) is 1. The van der Waals surface area contributed by atoms with Gasteiger partial charge in [-0.15, -0.1) is 0 Å². The smallest absolute Gasteiger partial charge is 0.177 e. The van der Waals surface area contributed by atoms with Crippen LogP contribution in [0.4, 0.5) is 5.69 Å². The Morgan fingerprint density at radius 3 is 2.17 bits per heavy atom. The van der Waals surface area contributed by atoms with Gasteiger partial charge in [-0.3, -0.25) is 4.90 Å². The van der Waals surface area contributed by atoms with E-state index in [0.29, 0.717) is 12.2 Å². The van der Waals surface area contributed by atoms with E-state index in [1.54, 1.807) is 7.11 Å². The molecule has 0 aromatic heterocycles. The first-order valence-electron chi connectivity index (χ1n) is 9.67. The van der Waals surface area contributed by atoms with Crippen molar-refractivity contribution in [2.75, 3.05) is 44.6 Å². The zero-order chi connectivity index (χ0) is 22.5. The second kappa shape index (κ2) is 9.80. The third-order valence-electron chi connectivity index (χ3n) is 5.00. The Bertz CT molecular complexity index is 1080. The van der Waals surface area contributed by atoms with Crippen molar-refractivity contribution in [3.05, 3.63) is 48.0 Å². The maximum Gasteiger partial charge on any atom is 0.177 e. The highest BCUT2D eigenvalue weighted by atomic mass is 32.2. The first kappa shape index (κ1) is 24.2. The monoisotopic (exact) mass is 454 g/mol. The number of hydrogen-bond donors (Lipinski definition) is 1. The van der Waals surface area contributed by atoms with Gasteiger partial charge in [-0.25, -0.2) is 16.8 Å². The molecule has 1 N–H and O–H groups in total. The Labute approximate surface area is 179 Å². The Hall–Kier alpha value is -2.10. The van der Waals surface area contributed by atoms with E-state index in [0.717, 1.165) is 36.9 Å². The molecular formula is C21H30N2O5S2. The van der Waals surface area contributed by atoms with Gasteiger partial charge < -0.3 is 10.1 Å². The zero-order valence-electron chi connectivity index (χ0n) is 18.0. The lowest BCUT2D eigenvalue weighted by Crippen LogP contribution is -2.33. The van der Waals surface area contributed by atoms with Gasteiger partial charge in [0.25, 0.3) is 0 Å². The Kier molecular flexibility index (Phi) is 7.90. The van der Waals surface area contributed by atoms with Gasteiger partial charge in [0.15, 0.2) is 19.7 Å². The molecular weight excluding hydrogens is 424 g/mol. The lowest BCUT2D eigenvalue weighted by molar-refractivity contribution is 0.227. The average Bonchev–Trinajstić information content (AvgIpc) is 2.69. The van der Waals surface area contributed by atoms with Gasteiger partial charge in [0, 0.05) is 19.1 Å². The number of likely N-dealkylation sites (N-methyl/N-ethyl adjacent to an activating group) is 1. The predicted octanol–water partition coefficient (Wildman–Crippen LogP) is 3.00. The van der Waals surface area contributed by atoms with E-state index in [4.69, 9.17) is 4.74 Å². The van der Waals surface area contributed by atoms with Crippen LogP contribution in [0.3, 0.4) is 0 Å². The van der Waals surface area contributed by atoms with Crippen molar-refractivity contribution in [2.45, 2.75) is 29.7 Å². The highest BCUT2D eigenvalue weighted by molar-refractivity contribution is 7.91. The molecule has 2 rings (SSSR count). The summed E-state index contributed by atoms with van der Waals surface area (Å²) in [6, 6.07) is 11.9. The number of benzene rings is 2. The Balaban J connectivity index is 2.43. The molecule has 0 radical (unpaired) electrons. The molecule has 9 heteroatoms. The van der Waals surface area contributed by atoms with E-state index in [2.05, 4.69) is 24.1 Å². The van der Waals surface area contributed by atoms with Gasteiger partial charge >= 0.3 is 0 Å². The number of nitrogens with zero attached hydrogens (tertiary/aromatic N) is 1. The summed E-state index contributed by atoms with van der Waals surface area (Å²) in [5.74, 6) is 0.749. The third kappa shape index (κ3) is 5.96. The normalized spacial score (nSPS) is 13.3. The highest BCUT2D eigenvalue weighted by Gasteiger charge is 2.22. The van der Waals surface area contributed by atoms with Crippen LogP contribution in [0.15, 0.2) is 52.3 Å². The van der Waals surface area contributed by atoms with Crippen LogP contribution in [0, 0.1) is 0 Å². The summed E-state index contributed by atoms with van der Waals surface area (Å²) in [7, 11) is -5.53. The van der Waals surface area contributed by atoms with Crippen molar-refractivity contribution < 1.29 is 21.6 Å². The molecule has 0 unspecified atom stereocenters. The number of anilines is 1. The highest BCUT2D eigenvalue weighted by Crippen LogP contribution is 2.28. The van der Waals surface area contributed by atoms with Crippen molar-refractivity contribution in [3.8, 4) is 5.75 Å². The van der Waals surface area contributed by atoms with Gasteiger partial charge in [-0.05, 0) is 49.0 Å². The largest absolute Gasteiger partial charge is 0.497 e. The molecule has 0 saturated carbocycles. The molecule has 30 heavy (non-hydrogen) atoms. The standard InChI is InChI=1S/C21H30N2O5S2/c1-6-23(7-2)20(16-9-8-10-17(13-16)28-3)15-22-19-12-11-18(29(4,24)25)14-21(19)30(5,26)27/h8-14,20,22H,6-7,15H2,1-5H3/t20-/m1/s1. The fraction of sp³-hybridized carbons (Fsp3) is 0.429. The lowest BCUT2D eigenvalue weighted by Gasteiger charge is -2.31. The molecule has 0 saturated heterocycles. The summed E-state index contributed by atoms with van der Waals surface area (Å²) >= 11 is 0. The van der Waals surface area contributed by atoms with Crippen molar-refractivity contribution in [3.63, 3.8) is 0 Å². The molecule has 0 spiro atoms. The van der Waals surface area contributed by atoms with Crippen LogP contribution in [-0.2, 0) is 19.7 Å². The van der Waals surface area contributed by atoms with Crippen molar-refractivity contribution >= 4 is 25.4 Å². The lowest BCUT2D eigenvalue weighted by atomic mass is 10.0. The first-order valence-corrected chi connectivity index (χ1v) is 13.5. The van der Waals surface area contributed by atoms with Crippen LogP contribution in [0.2, 0.25) is 0 Å². The van der Waals surface area contributed by atoms with E-state index < -0.39 is 19.7 Å². The summed E-state index contributed by atoms with van der Waals surface area (Å²) in [6.07, 6.45) is 2.13.